The molecule has 2 aliphatic rings. The first kappa shape index (κ1) is 9.51. The van der Waals surface area contributed by atoms with E-state index >= 15 is 0 Å². The van der Waals surface area contributed by atoms with Gasteiger partial charge < -0.3 is 4.90 Å². The Balaban J connectivity index is 2.00. The first-order valence-electron chi connectivity index (χ1n) is 5.49. The summed E-state index contributed by atoms with van der Waals surface area (Å²) in [6.45, 7) is 0.885. The van der Waals surface area contributed by atoms with Crippen molar-refractivity contribution in [2.24, 2.45) is 5.92 Å². The van der Waals surface area contributed by atoms with Crippen molar-refractivity contribution in [3.63, 3.8) is 0 Å². The van der Waals surface area contributed by atoms with Crippen LogP contribution < -0.4 is 0 Å². The topological polar surface area (TPSA) is 44.1 Å². The molecule has 1 amide bonds. The highest BCUT2D eigenvalue weighted by molar-refractivity contribution is 5.78. The van der Waals surface area contributed by atoms with E-state index in [9.17, 15) is 4.79 Å². The van der Waals surface area contributed by atoms with Crippen LogP contribution in [0.3, 0.4) is 0 Å². The van der Waals surface area contributed by atoms with Crippen molar-refractivity contribution >= 4 is 5.91 Å². The van der Waals surface area contributed by atoms with Crippen molar-refractivity contribution in [2.45, 2.75) is 44.6 Å². The molecule has 0 aromatic rings. The second-order valence-electron chi connectivity index (χ2n) is 4.32. The monoisotopic (exact) mass is 192 g/mol. The van der Waals surface area contributed by atoms with E-state index in [1.807, 2.05) is 11.0 Å². The van der Waals surface area contributed by atoms with Crippen molar-refractivity contribution in [1.82, 2.24) is 4.90 Å². The van der Waals surface area contributed by atoms with Crippen LogP contribution in [0.4, 0.5) is 0 Å². The number of hydrogen-bond donors (Lipinski definition) is 0. The van der Waals surface area contributed by atoms with Gasteiger partial charge in [0, 0.05) is 12.6 Å². The lowest BCUT2D eigenvalue weighted by Gasteiger charge is -2.31. The zero-order valence-corrected chi connectivity index (χ0v) is 8.41. The quantitative estimate of drug-likeness (QED) is 0.634. The molecule has 2 atom stereocenters. The molecule has 1 aliphatic heterocycles. The Hall–Kier alpha value is -1.04. The zero-order chi connectivity index (χ0) is 9.97. The molecule has 2 fully saturated rings. The molecule has 0 N–H and O–H groups in total. The second kappa shape index (κ2) is 4.00. The van der Waals surface area contributed by atoms with Crippen LogP contribution in [0.15, 0.2) is 0 Å². The van der Waals surface area contributed by atoms with E-state index in [-0.39, 0.29) is 12.3 Å². The Kier molecular flexibility index (Phi) is 2.72. The fourth-order valence-electron chi connectivity index (χ4n) is 2.88. The van der Waals surface area contributed by atoms with Crippen molar-refractivity contribution in [1.29, 1.82) is 5.26 Å². The Morgan fingerprint density at radius 1 is 1.36 bits per heavy atom. The fourth-order valence-corrected chi connectivity index (χ4v) is 2.88. The average Bonchev–Trinajstić information content (AvgIpc) is 2.61. The van der Waals surface area contributed by atoms with Gasteiger partial charge in [-0.25, -0.2) is 0 Å². The van der Waals surface area contributed by atoms with Gasteiger partial charge in [-0.1, -0.05) is 12.8 Å². The van der Waals surface area contributed by atoms with Gasteiger partial charge in [0.15, 0.2) is 0 Å². The predicted molar refractivity (Wildman–Crippen MR) is 52.3 cm³/mol. The summed E-state index contributed by atoms with van der Waals surface area (Å²) >= 11 is 0. The van der Waals surface area contributed by atoms with Crippen LogP contribution in [-0.4, -0.2) is 23.4 Å². The van der Waals surface area contributed by atoms with Gasteiger partial charge in [-0.15, -0.1) is 0 Å². The number of likely N-dealkylation sites (tertiary alicyclic amines) is 1. The standard InChI is InChI=1S/C11H16N2O/c12-7-5-11(14)13-8-6-9-3-1-2-4-10(9)13/h9-10H,1-6,8H2. The average molecular weight is 192 g/mol. The first-order valence-corrected chi connectivity index (χ1v) is 5.49. The van der Waals surface area contributed by atoms with E-state index in [0.717, 1.165) is 25.3 Å². The number of hydrogen-bond acceptors (Lipinski definition) is 2. The molecule has 0 spiro atoms. The molecule has 2 unspecified atom stereocenters. The van der Waals surface area contributed by atoms with Gasteiger partial charge >= 0.3 is 0 Å². The minimum absolute atomic E-state index is 0.0434. The zero-order valence-electron chi connectivity index (χ0n) is 8.41. The van der Waals surface area contributed by atoms with Gasteiger partial charge in [0.05, 0.1) is 6.07 Å². The summed E-state index contributed by atoms with van der Waals surface area (Å²) < 4.78 is 0. The van der Waals surface area contributed by atoms with E-state index in [4.69, 9.17) is 5.26 Å². The van der Waals surface area contributed by atoms with Crippen LogP contribution in [0.1, 0.15) is 38.5 Å². The summed E-state index contributed by atoms with van der Waals surface area (Å²) in [5.74, 6) is 0.772. The molecule has 2 rings (SSSR count). The van der Waals surface area contributed by atoms with Gasteiger partial charge in [-0.2, -0.15) is 5.26 Å². The molecule has 0 aromatic carbocycles. The number of carbonyl (C=O) groups is 1. The van der Waals surface area contributed by atoms with Gasteiger partial charge in [0.2, 0.25) is 5.91 Å². The number of nitriles is 1. The summed E-state index contributed by atoms with van der Waals surface area (Å²) in [5.41, 5.74) is 0. The Morgan fingerprint density at radius 2 is 2.14 bits per heavy atom. The molecule has 0 radical (unpaired) electrons. The molecule has 1 saturated heterocycles. The van der Waals surface area contributed by atoms with Crippen molar-refractivity contribution in [2.75, 3.05) is 6.54 Å². The van der Waals surface area contributed by atoms with Crippen LogP contribution in [-0.2, 0) is 4.79 Å². The van der Waals surface area contributed by atoms with E-state index < -0.39 is 0 Å². The van der Waals surface area contributed by atoms with Crippen LogP contribution in [0, 0.1) is 17.2 Å². The number of rotatable bonds is 1. The van der Waals surface area contributed by atoms with Crippen molar-refractivity contribution < 1.29 is 4.79 Å². The third-order valence-corrected chi connectivity index (χ3v) is 3.56. The number of carbonyl (C=O) groups excluding carboxylic acids is 1. The molecule has 1 heterocycles. The lowest BCUT2D eigenvalue weighted by Crippen LogP contribution is -2.38. The van der Waals surface area contributed by atoms with E-state index in [0.29, 0.717) is 6.04 Å². The Labute approximate surface area is 84.7 Å². The minimum atomic E-state index is 0.0434. The molecule has 0 bridgehead atoms. The maximum absolute atomic E-state index is 11.6. The predicted octanol–water partition coefficient (Wildman–Crippen LogP) is 1.69. The lowest BCUT2D eigenvalue weighted by atomic mass is 9.85. The Bertz CT molecular complexity index is 269. The highest BCUT2D eigenvalue weighted by atomic mass is 16.2. The van der Waals surface area contributed by atoms with Crippen LogP contribution >= 0.6 is 0 Å². The highest BCUT2D eigenvalue weighted by Crippen LogP contribution is 2.36. The van der Waals surface area contributed by atoms with Gasteiger partial charge in [-0.3, -0.25) is 4.79 Å². The molecule has 1 saturated carbocycles. The molecule has 0 aromatic heterocycles. The normalized spacial score (nSPS) is 30.9. The third-order valence-electron chi connectivity index (χ3n) is 3.56. The van der Waals surface area contributed by atoms with Crippen LogP contribution in [0.5, 0.6) is 0 Å². The maximum atomic E-state index is 11.6. The second-order valence-corrected chi connectivity index (χ2v) is 4.32. The molecule has 3 heteroatoms. The summed E-state index contributed by atoms with van der Waals surface area (Å²) in [7, 11) is 0. The highest BCUT2D eigenvalue weighted by Gasteiger charge is 2.37. The SMILES string of the molecule is N#CCC(=O)N1CCC2CCCCC21. The van der Waals surface area contributed by atoms with E-state index in [1.54, 1.807) is 0 Å². The molecule has 76 valence electrons. The van der Waals surface area contributed by atoms with E-state index in [1.165, 1.54) is 19.3 Å². The summed E-state index contributed by atoms with van der Waals surface area (Å²) in [5, 5.41) is 8.50. The largest absolute Gasteiger partial charge is 0.339 e. The summed E-state index contributed by atoms with van der Waals surface area (Å²) in [4.78, 5) is 13.6. The number of amides is 1. The molecular formula is C11H16N2O. The molecule has 3 nitrogen and oxygen atoms in total. The molecule has 14 heavy (non-hydrogen) atoms. The van der Waals surface area contributed by atoms with Crippen LogP contribution in [0.25, 0.3) is 0 Å². The van der Waals surface area contributed by atoms with Crippen LogP contribution in [0.2, 0.25) is 0 Å². The summed E-state index contributed by atoms with van der Waals surface area (Å²) in [6, 6.07) is 2.41. The lowest BCUT2D eigenvalue weighted by molar-refractivity contribution is -0.131. The smallest absolute Gasteiger partial charge is 0.237 e. The molecule has 1 aliphatic carbocycles. The fraction of sp³-hybridized carbons (Fsp3) is 0.818. The Morgan fingerprint density at radius 3 is 2.93 bits per heavy atom. The van der Waals surface area contributed by atoms with Crippen molar-refractivity contribution in [3.05, 3.63) is 0 Å². The van der Waals surface area contributed by atoms with Gasteiger partial charge in [0.25, 0.3) is 0 Å². The van der Waals surface area contributed by atoms with Gasteiger partial charge in [-0.05, 0) is 25.2 Å². The van der Waals surface area contributed by atoms with Crippen molar-refractivity contribution in [3.8, 4) is 6.07 Å². The summed E-state index contributed by atoms with van der Waals surface area (Å²) in [6.07, 6.45) is 6.22. The minimum Gasteiger partial charge on any atom is -0.339 e. The third kappa shape index (κ3) is 1.61. The van der Waals surface area contributed by atoms with Gasteiger partial charge in [0.1, 0.15) is 6.42 Å². The first-order chi connectivity index (χ1) is 6.83. The number of nitrogens with zero attached hydrogens (tertiary/aromatic N) is 2. The molecular weight excluding hydrogens is 176 g/mol. The maximum Gasteiger partial charge on any atom is 0.237 e. The van der Waals surface area contributed by atoms with E-state index in [2.05, 4.69) is 0 Å². The number of fused-ring (bicyclic) bond motifs is 1.